The Morgan fingerprint density at radius 2 is 1.28 bits per heavy atom. The Morgan fingerprint density at radius 1 is 0.800 bits per heavy atom. The van der Waals surface area contributed by atoms with E-state index in [9.17, 15) is 0 Å². The minimum atomic E-state index is 0. The van der Waals surface area contributed by atoms with Crippen LogP contribution in [0.3, 0.4) is 0 Å². The molecule has 1 aromatic carbocycles. The third-order valence-electron chi connectivity index (χ3n) is 4.25. The number of thioether (sulfide) groups is 1. The Kier molecular flexibility index (Phi) is 18.9. The van der Waals surface area contributed by atoms with Gasteiger partial charge in [-0.1, -0.05) is 120 Å². The van der Waals surface area contributed by atoms with Crippen LogP contribution in [-0.4, -0.2) is 10.9 Å². The van der Waals surface area contributed by atoms with Crippen molar-refractivity contribution in [2.24, 2.45) is 0 Å². The van der Waals surface area contributed by atoms with Crippen LogP contribution in [0, 0.1) is 0 Å². The van der Waals surface area contributed by atoms with Crippen LogP contribution in [0.25, 0.3) is 0 Å². The van der Waals surface area contributed by atoms with Gasteiger partial charge in [0.25, 0.3) is 0 Å². The summed E-state index contributed by atoms with van der Waals surface area (Å²) in [7, 11) is 0. The van der Waals surface area contributed by atoms with Gasteiger partial charge in [0.15, 0.2) is 0 Å². The zero-order valence-electron chi connectivity index (χ0n) is 16.1. The molecule has 0 saturated heterocycles. The summed E-state index contributed by atoms with van der Waals surface area (Å²) in [5, 5.41) is 3.36. The second kappa shape index (κ2) is 18.9. The van der Waals surface area contributed by atoms with Crippen LogP contribution in [0.1, 0.15) is 84.0 Å². The molecule has 4 heteroatoms. The molecule has 25 heavy (non-hydrogen) atoms. The Labute approximate surface area is 178 Å². The van der Waals surface area contributed by atoms with Gasteiger partial charge in [0.05, 0.1) is 0 Å². The Bertz CT molecular complexity index is 412. The largest absolute Gasteiger partial charge is 0.371 e. The molecule has 1 rings (SSSR count). The topological polar surface area (TPSA) is 12.0 Å². The van der Waals surface area contributed by atoms with E-state index in [4.69, 9.17) is 12.2 Å². The third-order valence-corrected chi connectivity index (χ3v) is 5.49. The predicted molar refractivity (Wildman–Crippen MR) is 114 cm³/mol. The number of nitrogens with one attached hydrogen (secondary N) is 1. The molecular formula is C21H35NS2Zn. The van der Waals surface area contributed by atoms with Gasteiger partial charge in [-0.3, -0.25) is 0 Å². The molecule has 138 valence electrons. The molecule has 0 aromatic heterocycles. The number of unbranched alkanes of at least 4 members (excludes halogenated alkanes) is 11. The normalized spacial score (nSPS) is 10.3. The molecule has 0 radical (unpaired) electrons. The summed E-state index contributed by atoms with van der Waals surface area (Å²) in [4.78, 5) is 1.21. The zero-order chi connectivity index (χ0) is 17.3. The number of rotatable bonds is 14. The van der Waals surface area contributed by atoms with E-state index in [1.807, 2.05) is 6.07 Å². The summed E-state index contributed by atoms with van der Waals surface area (Å²) < 4.78 is 0.893. The van der Waals surface area contributed by atoms with Crippen LogP contribution in [-0.2, 0) is 19.5 Å². The molecule has 0 spiro atoms. The summed E-state index contributed by atoms with van der Waals surface area (Å²) in [5.41, 5.74) is 0. The number of thiocarbonyl (C=S) groups is 1. The van der Waals surface area contributed by atoms with Crippen molar-refractivity contribution in [3.63, 3.8) is 0 Å². The predicted octanol–water partition coefficient (Wildman–Crippen LogP) is 7.35. The molecule has 0 aliphatic heterocycles. The van der Waals surface area contributed by atoms with Crippen molar-refractivity contribution >= 4 is 28.3 Å². The summed E-state index contributed by atoms with van der Waals surface area (Å²) in [5.74, 6) is 0. The molecule has 0 fully saturated rings. The minimum absolute atomic E-state index is 0. The molecule has 0 aliphatic rings. The first-order valence-electron chi connectivity index (χ1n) is 9.83. The zero-order valence-corrected chi connectivity index (χ0v) is 20.7. The van der Waals surface area contributed by atoms with Gasteiger partial charge in [0, 0.05) is 30.9 Å². The Balaban J connectivity index is 0.00000576. The van der Waals surface area contributed by atoms with Crippen molar-refractivity contribution in [2.75, 3.05) is 6.54 Å². The van der Waals surface area contributed by atoms with Crippen LogP contribution in [0.2, 0.25) is 0 Å². The SMILES string of the molecule is CCCCCCCCCCCCCCNC(=S)Sc1ccccc1.[Zn]. The Hall–Kier alpha value is 0.0834. The molecule has 0 bridgehead atoms. The van der Waals surface area contributed by atoms with Crippen LogP contribution in [0.15, 0.2) is 35.2 Å². The molecule has 0 unspecified atom stereocenters. The van der Waals surface area contributed by atoms with E-state index in [0.717, 1.165) is 10.9 Å². The van der Waals surface area contributed by atoms with Crippen LogP contribution >= 0.6 is 24.0 Å². The summed E-state index contributed by atoms with van der Waals surface area (Å²) >= 11 is 7.02. The molecule has 1 N–H and O–H groups in total. The summed E-state index contributed by atoms with van der Waals surface area (Å²) in [6.07, 6.45) is 16.7. The maximum atomic E-state index is 5.37. The molecule has 0 atom stereocenters. The Morgan fingerprint density at radius 3 is 1.80 bits per heavy atom. The fourth-order valence-corrected chi connectivity index (χ4v) is 3.86. The molecular weight excluding hydrogens is 396 g/mol. The second-order valence-corrected chi connectivity index (χ2v) is 8.27. The van der Waals surface area contributed by atoms with E-state index >= 15 is 0 Å². The minimum Gasteiger partial charge on any atom is -0.371 e. The standard InChI is InChI=1S/C21H35NS2.Zn/c1-2-3-4-5-6-7-8-9-10-11-12-16-19-22-21(23)24-20-17-14-13-15-18-20;/h13-15,17-18H,2-12,16,19H2,1H3,(H,22,23);. The van der Waals surface area contributed by atoms with Gasteiger partial charge < -0.3 is 5.32 Å². The maximum absolute atomic E-state index is 5.37. The van der Waals surface area contributed by atoms with Crippen molar-refractivity contribution in [2.45, 2.75) is 88.9 Å². The molecule has 0 aliphatic carbocycles. The van der Waals surface area contributed by atoms with E-state index in [1.165, 1.54) is 81.9 Å². The first-order chi connectivity index (χ1) is 11.8. The van der Waals surface area contributed by atoms with Crippen molar-refractivity contribution in [1.29, 1.82) is 0 Å². The fraction of sp³-hybridized carbons (Fsp3) is 0.667. The van der Waals surface area contributed by atoms with E-state index in [0.29, 0.717) is 0 Å². The van der Waals surface area contributed by atoms with Gasteiger partial charge >= 0.3 is 0 Å². The van der Waals surface area contributed by atoms with Crippen LogP contribution in [0.4, 0.5) is 0 Å². The van der Waals surface area contributed by atoms with Gasteiger partial charge in [-0.25, -0.2) is 0 Å². The number of hydrogen-bond donors (Lipinski definition) is 1. The molecule has 0 saturated carbocycles. The summed E-state index contributed by atoms with van der Waals surface area (Å²) in [6, 6.07) is 10.3. The third kappa shape index (κ3) is 16.0. The van der Waals surface area contributed by atoms with Crippen molar-refractivity contribution in [3.05, 3.63) is 30.3 Å². The molecule has 1 aromatic rings. The van der Waals surface area contributed by atoms with E-state index < -0.39 is 0 Å². The van der Waals surface area contributed by atoms with Gasteiger partial charge in [-0.2, -0.15) is 0 Å². The van der Waals surface area contributed by atoms with Gasteiger partial charge in [-0.15, -0.1) is 0 Å². The first-order valence-corrected chi connectivity index (χ1v) is 11.1. The van der Waals surface area contributed by atoms with E-state index in [-0.39, 0.29) is 19.5 Å². The maximum Gasteiger partial charge on any atom is 0.138 e. The van der Waals surface area contributed by atoms with Crippen molar-refractivity contribution in [1.82, 2.24) is 5.32 Å². The second-order valence-electron chi connectivity index (χ2n) is 6.52. The van der Waals surface area contributed by atoms with Gasteiger partial charge in [0.2, 0.25) is 0 Å². The smallest absolute Gasteiger partial charge is 0.138 e. The molecule has 0 amide bonds. The van der Waals surface area contributed by atoms with Crippen molar-refractivity contribution in [3.8, 4) is 0 Å². The van der Waals surface area contributed by atoms with Crippen LogP contribution in [0.5, 0.6) is 0 Å². The first kappa shape index (κ1) is 25.1. The number of benzene rings is 1. The monoisotopic (exact) mass is 429 g/mol. The van der Waals surface area contributed by atoms with Crippen molar-refractivity contribution < 1.29 is 19.5 Å². The quantitative estimate of drug-likeness (QED) is 0.143. The average molecular weight is 431 g/mol. The number of hydrogen-bond acceptors (Lipinski definition) is 2. The molecule has 1 nitrogen and oxygen atoms in total. The van der Waals surface area contributed by atoms with Gasteiger partial charge in [-0.05, 0) is 18.6 Å². The average Bonchev–Trinajstić information content (AvgIpc) is 2.60. The van der Waals surface area contributed by atoms with E-state index in [2.05, 4.69) is 36.5 Å². The van der Waals surface area contributed by atoms with Crippen LogP contribution < -0.4 is 5.32 Å². The summed E-state index contributed by atoms with van der Waals surface area (Å²) in [6.45, 7) is 3.29. The molecule has 0 heterocycles. The van der Waals surface area contributed by atoms with Gasteiger partial charge in [0.1, 0.15) is 4.32 Å². The van der Waals surface area contributed by atoms with E-state index in [1.54, 1.807) is 11.8 Å². The fourth-order valence-electron chi connectivity index (χ4n) is 2.79.